The van der Waals surface area contributed by atoms with Crippen LogP contribution in [-0.4, -0.2) is 34.0 Å². The largest absolute Gasteiger partial charge is 0.355 e. The van der Waals surface area contributed by atoms with Gasteiger partial charge < -0.3 is 9.84 Å². The Kier molecular flexibility index (Phi) is 6.95. The lowest BCUT2D eigenvalue weighted by molar-refractivity contribution is -0.119. The number of benzene rings is 1. The van der Waals surface area contributed by atoms with E-state index in [2.05, 4.69) is 63.2 Å². The van der Waals surface area contributed by atoms with E-state index in [4.69, 9.17) is 4.52 Å². The Morgan fingerprint density at radius 3 is 2.64 bits per heavy atom. The lowest BCUT2D eigenvalue weighted by atomic mass is 10.0. The lowest BCUT2D eigenvalue weighted by Crippen LogP contribution is -2.33. The number of aromatic nitrogens is 2. The standard InChI is InChI=1S/C21H26N4O2S/c1-15(2)18-4-6-19(7-5-18)21-23-20(27-24-21)13-25(10-9-22-16(3)26)12-17-8-11-28-14-17/h4-8,11,14-15H,9-10,12-13H2,1-3H3,(H,22,26). The van der Waals surface area contributed by atoms with E-state index in [0.717, 1.165) is 12.1 Å². The summed E-state index contributed by atoms with van der Waals surface area (Å²) in [6, 6.07) is 10.4. The molecule has 7 heteroatoms. The van der Waals surface area contributed by atoms with Crippen molar-refractivity contribution in [3.8, 4) is 11.4 Å². The molecule has 0 fully saturated rings. The fraction of sp³-hybridized carbons (Fsp3) is 0.381. The van der Waals surface area contributed by atoms with Gasteiger partial charge in [0.2, 0.25) is 17.6 Å². The van der Waals surface area contributed by atoms with Crippen molar-refractivity contribution in [1.82, 2.24) is 20.4 Å². The first-order valence-corrected chi connectivity index (χ1v) is 10.4. The van der Waals surface area contributed by atoms with E-state index in [1.54, 1.807) is 11.3 Å². The maximum Gasteiger partial charge on any atom is 0.241 e. The quantitative estimate of drug-likeness (QED) is 0.588. The summed E-state index contributed by atoms with van der Waals surface area (Å²) in [7, 11) is 0. The van der Waals surface area contributed by atoms with Crippen LogP contribution in [0.3, 0.4) is 0 Å². The number of carbonyl (C=O) groups excluding carboxylic acids is 1. The molecule has 0 saturated carbocycles. The molecule has 0 saturated heterocycles. The number of amides is 1. The van der Waals surface area contributed by atoms with Crippen LogP contribution >= 0.6 is 11.3 Å². The second-order valence-electron chi connectivity index (χ2n) is 7.11. The summed E-state index contributed by atoms with van der Waals surface area (Å²) in [5.41, 5.74) is 3.46. The minimum Gasteiger partial charge on any atom is -0.355 e. The first-order valence-electron chi connectivity index (χ1n) is 9.42. The number of hydrogen-bond acceptors (Lipinski definition) is 6. The summed E-state index contributed by atoms with van der Waals surface area (Å²) >= 11 is 1.67. The van der Waals surface area contributed by atoms with Crippen LogP contribution in [0, 0.1) is 0 Å². The molecule has 1 aromatic carbocycles. The van der Waals surface area contributed by atoms with E-state index in [9.17, 15) is 4.79 Å². The normalized spacial score (nSPS) is 11.3. The zero-order valence-electron chi connectivity index (χ0n) is 16.5. The Bertz CT molecular complexity index is 872. The molecule has 3 aromatic rings. The second kappa shape index (κ2) is 9.61. The molecule has 0 aliphatic carbocycles. The molecule has 0 radical (unpaired) electrons. The maximum absolute atomic E-state index is 11.2. The average Bonchev–Trinajstić information content (AvgIpc) is 3.33. The van der Waals surface area contributed by atoms with Crippen molar-refractivity contribution in [3.05, 3.63) is 58.1 Å². The summed E-state index contributed by atoms with van der Waals surface area (Å²) in [5, 5.41) is 11.2. The smallest absolute Gasteiger partial charge is 0.241 e. The van der Waals surface area contributed by atoms with Crippen LogP contribution in [0.5, 0.6) is 0 Å². The third-order valence-corrected chi connectivity index (χ3v) is 5.18. The zero-order chi connectivity index (χ0) is 19.9. The van der Waals surface area contributed by atoms with Crippen LogP contribution in [0.4, 0.5) is 0 Å². The van der Waals surface area contributed by atoms with Gasteiger partial charge in [0.05, 0.1) is 6.54 Å². The average molecular weight is 399 g/mol. The molecular weight excluding hydrogens is 372 g/mol. The lowest BCUT2D eigenvalue weighted by Gasteiger charge is -2.19. The highest BCUT2D eigenvalue weighted by atomic mass is 32.1. The van der Waals surface area contributed by atoms with Crippen LogP contribution < -0.4 is 5.32 Å². The van der Waals surface area contributed by atoms with Crippen molar-refractivity contribution in [2.75, 3.05) is 13.1 Å². The Balaban J connectivity index is 1.67. The second-order valence-corrected chi connectivity index (χ2v) is 7.89. The van der Waals surface area contributed by atoms with E-state index in [0.29, 0.717) is 37.3 Å². The van der Waals surface area contributed by atoms with Crippen molar-refractivity contribution < 1.29 is 9.32 Å². The monoisotopic (exact) mass is 398 g/mol. The molecule has 0 aliphatic rings. The predicted octanol–water partition coefficient (Wildman–Crippen LogP) is 4.06. The van der Waals surface area contributed by atoms with Gasteiger partial charge in [0.25, 0.3) is 0 Å². The highest BCUT2D eigenvalue weighted by Crippen LogP contribution is 2.21. The Morgan fingerprint density at radius 2 is 2.00 bits per heavy atom. The number of carbonyl (C=O) groups is 1. The van der Waals surface area contributed by atoms with Crippen molar-refractivity contribution in [2.24, 2.45) is 0 Å². The van der Waals surface area contributed by atoms with Crippen LogP contribution in [0.1, 0.15) is 43.7 Å². The Hall–Kier alpha value is -2.51. The summed E-state index contributed by atoms with van der Waals surface area (Å²) in [6.07, 6.45) is 0. The summed E-state index contributed by atoms with van der Waals surface area (Å²) in [5.74, 6) is 1.63. The number of nitrogens with zero attached hydrogens (tertiary/aromatic N) is 3. The number of hydrogen-bond donors (Lipinski definition) is 1. The van der Waals surface area contributed by atoms with Gasteiger partial charge in [-0.2, -0.15) is 16.3 Å². The highest BCUT2D eigenvalue weighted by Gasteiger charge is 2.14. The van der Waals surface area contributed by atoms with Gasteiger partial charge in [-0.05, 0) is 33.9 Å². The molecular formula is C21H26N4O2S. The maximum atomic E-state index is 11.2. The number of nitrogens with one attached hydrogen (secondary N) is 1. The highest BCUT2D eigenvalue weighted by molar-refractivity contribution is 7.07. The van der Waals surface area contributed by atoms with Gasteiger partial charge in [-0.25, -0.2) is 0 Å². The zero-order valence-corrected chi connectivity index (χ0v) is 17.3. The van der Waals surface area contributed by atoms with Gasteiger partial charge >= 0.3 is 0 Å². The molecule has 2 heterocycles. The predicted molar refractivity (Wildman–Crippen MR) is 111 cm³/mol. The van der Waals surface area contributed by atoms with Crippen molar-refractivity contribution in [3.63, 3.8) is 0 Å². The molecule has 6 nitrogen and oxygen atoms in total. The molecule has 0 atom stereocenters. The summed E-state index contributed by atoms with van der Waals surface area (Å²) < 4.78 is 5.49. The molecule has 0 spiro atoms. The first kappa shape index (κ1) is 20.2. The third kappa shape index (κ3) is 5.74. The van der Waals surface area contributed by atoms with Gasteiger partial charge in [0.15, 0.2) is 0 Å². The van der Waals surface area contributed by atoms with Gasteiger partial charge in [-0.3, -0.25) is 9.69 Å². The van der Waals surface area contributed by atoms with E-state index in [1.807, 2.05) is 12.1 Å². The molecule has 1 N–H and O–H groups in total. The van der Waals surface area contributed by atoms with Crippen molar-refractivity contribution in [2.45, 2.75) is 39.8 Å². The first-order chi connectivity index (χ1) is 13.5. The Morgan fingerprint density at radius 1 is 1.21 bits per heavy atom. The van der Waals surface area contributed by atoms with E-state index in [1.165, 1.54) is 18.1 Å². The van der Waals surface area contributed by atoms with Crippen LogP contribution in [0.25, 0.3) is 11.4 Å². The fourth-order valence-electron chi connectivity index (χ4n) is 2.89. The molecule has 28 heavy (non-hydrogen) atoms. The number of thiophene rings is 1. The molecule has 0 aliphatic heterocycles. The summed E-state index contributed by atoms with van der Waals surface area (Å²) in [4.78, 5) is 17.9. The molecule has 0 bridgehead atoms. The topological polar surface area (TPSA) is 71.3 Å². The molecule has 1 amide bonds. The third-order valence-electron chi connectivity index (χ3n) is 4.45. The van der Waals surface area contributed by atoms with Gasteiger partial charge in [0.1, 0.15) is 0 Å². The summed E-state index contributed by atoms with van der Waals surface area (Å²) in [6.45, 7) is 8.46. The molecule has 3 rings (SSSR count). The van der Waals surface area contributed by atoms with Gasteiger partial charge in [-0.15, -0.1) is 0 Å². The van der Waals surface area contributed by atoms with Crippen molar-refractivity contribution in [1.29, 1.82) is 0 Å². The fourth-order valence-corrected chi connectivity index (χ4v) is 3.55. The minimum atomic E-state index is -0.0274. The Labute approximate surface area is 169 Å². The van der Waals surface area contributed by atoms with Crippen LogP contribution in [0.15, 0.2) is 45.6 Å². The minimum absolute atomic E-state index is 0.0274. The van der Waals surface area contributed by atoms with Gasteiger partial charge in [0, 0.05) is 32.1 Å². The van der Waals surface area contributed by atoms with E-state index < -0.39 is 0 Å². The van der Waals surface area contributed by atoms with Crippen molar-refractivity contribution >= 4 is 17.2 Å². The molecule has 0 unspecified atom stereocenters. The SMILES string of the molecule is CC(=O)NCCN(Cc1ccsc1)Cc1nc(-c2ccc(C(C)C)cc2)no1. The molecule has 2 aromatic heterocycles. The molecule has 148 valence electrons. The van der Waals surface area contributed by atoms with E-state index in [-0.39, 0.29) is 5.91 Å². The van der Waals surface area contributed by atoms with Crippen LogP contribution in [0.2, 0.25) is 0 Å². The van der Waals surface area contributed by atoms with E-state index >= 15 is 0 Å². The number of rotatable bonds is 9. The van der Waals surface area contributed by atoms with Gasteiger partial charge in [-0.1, -0.05) is 43.3 Å². The van der Waals surface area contributed by atoms with Crippen LogP contribution in [-0.2, 0) is 17.9 Å².